The Morgan fingerprint density at radius 2 is 1.91 bits per heavy atom. The lowest BCUT2D eigenvalue weighted by Gasteiger charge is -2.26. The zero-order valence-corrected chi connectivity index (χ0v) is 18.5. The molecule has 0 radical (unpaired) electrons. The number of aromatic amines is 1. The first kappa shape index (κ1) is 20.4. The molecule has 0 atom stereocenters. The third kappa shape index (κ3) is 3.20. The molecule has 1 fully saturated rings. The second-order valence-corrected chi connectivity index (χ2v) is 8.47. The highest BCUT2D eigenvalue weighted by atomic mass is 16.5. The molecule has 4 heterocycles. The van der Waals surface area contributed by atoms with Crippen LogP contribution in [0.3, 0.4) is 0 Å². The fraction of sp³-hybridized carbons (Fsp3) is 0.200. The quantitative estimate of drug-likeness (QED) is 0.435. The molecule has 3 aromatic heterocycles. The Bertz CT molecular complexity index is 1610. The first-order chi connectivity index (χ1) is 16.5. The van der Waals surface area contributed by atoms with E-state index in [1.54, 1.807) is 34.0 Å². The minimum atomic E-state index is -0.549. The number of carbonyl (C=O) groups excluding carboxylic acids is 2. The van der Waals surface area contributed by atoms with Crippen molar-refractivity contribution in [2.75, 3.05) is 26.3 Å². The molecule has 9 heteroatoms. The maximum Gasteiger partial charge on any atom is 0.254 e. The SMILES string of the molecule is Cn1ncc2cc(-c3cc(C(N)=O)c4[nH]c5cc(C(=O)N6CCOCC6)ccc5c4n3)ccc21. The second kappa shape index (κ2) is 7.67. The van der Waals surface area contributed by atoms with Crippen molar-refractivity contribution in [2.45, 2.75) is 0 Å². The van der Waals surface area contributed by atoms with E-state index >= 15 is 0 Å². The number of amides is 2. The van der Waals surface area contributed by atoms with Gasteiger partial charge in [0.1, 0.15) is 0 Å². The minimum absolute atomic E-state index is 0.0441. The van der Waals surface area contributed by atoms with Crippen LogP contribution < -0.4 is 5.73 Å². The van der Waals surface area contributed by atoms with Gasteiger partial charge in [-0.2, -0.15) is 5.10 Å². The monoisotopic (exact) mass is 454 g/mol. The van der Waals surface area contributed by atoms with Gasteiger partial charge in [-0.3, -0.25) is 14.3 Å². The Labute approximate surface area is 194 Å². The van der Waals surface area contributed by atoms with Gasteiger partial charge >= 0.3 is 0 Å². The molecule has 3 N–H and O–H groups in total. The molecule has 0 unspecified atom stereocenters. The largest absolute Gasteiger partial charge is 0.378 e. The van der Waals surface area contributed by atoms with E-state index in [1.807, 2.05) is 31.3 Å². The van der Waals surface area contributed by atoms with E-state index in [0.29, 0.717) is 54.2 Å². The third-order valence-corrected chi connectivity index (χ3v) is 6.41. The van der Waals surface area contributed by atoms with Crippen molar-refractivity contribution >= 4 is 44.7 Å². The van der Waals surface area contributed by atoms with E-state index in [1.165, 1.54) is 0 Å². The number of nitrogens with zero attached hydrogens (tertiary/aromatic N) is 4. The lowest BCUT2D eigenvalue weighted by molar-refractivity contribution is 0.0303. The number of hydrogen-bond acceptors (Lipinski definition) is 5. The standard InChI is InChI=1S/C25H22N6O3/c1-30-21-5-3-14(10-16(21)13-27-30)19-12-18(24(26)32)23-22(28-19)17-4-2-15(11-20(17)29-23)25(33)31-6-8-34-9-7-31/h2-5,10-13,29H,6-9H2,1H3,(H2,26,32). The van der Waals surface area contributed by atoms with Crippen LogP contribution in [0.4, 0.5) is 0 Å². The van der Waals surface area contributed by atoms with Crippen LogP contribution in [-0.2, 0) is 11.8 Å². The average Bonchev–Trinajstić information content (AvgIpc) is 3.42. The summed E-state index contributed by atoms with van der Waals surface area (Å²) in [5, 5.41) is 6.09. The predicted octanol–water partition coefficient (Wildman–Crippen LogP) is 2.84. The summed E-state index contributed by atoms with van der Waals surface area (Å²) in [5.74, 6) is -0.593. The number of primary amides is 1. The summed E-state index contributed by atoms with van der Waals surface area (Å²) in [4.78, 5) is 35.2. The molecule has 1 aliphatic heterocycles. The highest BCUT2D eigenvalue weighted by Gasteiger charge is 2.21. The number of benzene rings is 2. The summed E-state index contributed by atoms with van der Waals surface area (Å²) in [6.45, 7) is 2.23. The van der Waals surface area contributed by atoms with Gasteiger partial charge in [-0.25, -0.2) is 4.98 Å². The van der Waals surface area contributed by atoms with Gasteiger partial charge in [0.2, 0.25) is 0 Å². The van der Waals surface area contributed by atoms with Gasteiger partial charge in [-0.05, 0) is 36.4 Å². The number of aryl methyl sites for hydroxylation is 1. The van der Waals surface area contributed by atoms with E-state index in [2.05, 4.69) is 10.1 Å². The molecule has 0 aliphatic carbocycles. The zero-order chi connectivity index (χ0) is 23.4. The Morgan fingerprint density at radius 3 is 2.71 bits per heavy atom. The number of H-pyrrole nitrogens is 1. The summed E-state index contributed by atoms with van der Waals surface area (Å²) < 4.78 is 7.15. The van der Waals surface area contributed by atoms with Crippen LogP contribution in [0, 0.1) is 0 Å². The number of aromatic nitrogens is 4. The first-order valence-corrected chi connectivity index (χ1v) is 11.0. The minimum Gasteiger partial charge on any atom is -0.378 e. The summed E-state index contributed by atoms with van der Waals surface area (Å²) in [7, 11) is 1.89. The molecule has 170 valence electrons. The Balaban J connectivity index is 1.49. The normalized spacial score (nSPS) is 14.3. The molecule has 0 spiro atoms. The predicted molar refractivity (Wildman–Crippen MR) is 129 cm³/mol. The molecule has 0 bridgehead atoms. The second-order valence-electron chi connectivity index (χ2n) is 8.47. The molecule has 6 rings (SSSR count). The molecule has 2 amide bonds. The maximum absolute atomic E-state index is 12.9. The van der Waals surface area contributed by atoms with E-state index < -0.39 is 5.91 Å². The Kier molecular flexibility index (Phi) is 4.59. The number of pyridine rings is 1. The molecular weight excluding hydrogens is 432 g/mol. The van der Waals surface area contributed by atoms with Crippen molar-refractivity contribution in [3.05, 3.63) is 59.8 Å². The topological polar surface area (TPSA) is 119 Å². The highest BCUT2D eigenvalue weighted by molar-refractivity contribution is 6.14. The lowest BCUT2D eigenvalue weighted by Crippen LogP contribution is -2.40. The number of carbonyl (C=O) groups is 2. The van der Waals surface area contributed by atoms with Gasteiger partial charge in [-0.1, -0.05) is 6.07 Å². The van der Waals surface area contributed by atoms with E-state index in [-0.39, 0.29) is 5.91 Å². The smallest absolute Gasteiger partial charge is 0.254 e. The molecule has 0 saturated carbocycles. The fourth-order valence-corrected chi connectivity index (χ4v) is 4.60. The average molecular weight is 454 g/mol. The molecule has 1 aliphatic rings. The van der Waals surface area contributed by atoms with Gasteiger partial charge in [0, 0.05) is 47.6 Å². The van der Waals surface area contributed by atoms with Crippen molar-refractivity contribution in [3.63, 3.8) is 0 Å². The van der Waals surface area contributed by atoms with Gasteiger partial charge in [-0.15, -0.1) is 0 Å². The van der Waals surface area contributed by atoms with Crippen molar-refractivity contribution in [1.29, 1.82) is 0 Å². The molecule has 34 heavy (non-hydrogen) atoms. The van der Waals surface area contributed by atoms with E-state index in [9.17, 15) is 9.59 Å². The van der Waals surface area contributed by atoms with Crippen LogP contribution in [0.25, 0.3) is 44.1 Å². The summed E-state index contributed by atoms with van der Waals surface area (Å²) >= 11 is 0. The first-order valence-electron chi connectivity index (χ1n) is 11.0. The molecule has 5 aromatic rings. The van der Waals surface area contributed by atoms with Crippen LogP contribution in [0.2, 0.25) is 0 Å². The lowest BCUT2D eigenvalue weighted by atomic mass is 10.0. The number of hydrogen-bond donors (Lipinski definition) is 2. The molecule has 2 aromatic carbocycles. The number of fused-ring (bicyclic) bond motifs is 4. The van der Waals surface area contributed by atoms with Crippen LogP contribution in [-0.4, -0.2) is 62.8 Å². The molecule has 9 nitrogen and oxygen atoms in total. The third-order valence-electron chi connectivity index (χ3n) is 6.41. The van der Waals surface area contributed by atoms with Crippen LogP contribution in [0.15, 0.2) is 48.7 Å². The summed E-state index contributed by atoms with van der Waals surface area (Å²) in [6.07, 6.45) is 1.80. The zero-order valence-electron chi connectivity index (χ0n) is 18.5. The number of ether oxygens (including phenoxy) is 1. The van der Waals surface area contributed by atoms with Crippen LogP contribution in [0.1, 0.15) is 20.7 Å². The highest BCUT2D eigenvalue weighted by Crippen LogP contribution is 2.32. The number of rotatable bonds is 3. The Morgan fingerprint density at radius 1 is 1.09 bits per heavy atom. The van der Waals surface area contributed by atoms with Crippen molar-refractivity contribution in [2.24, 2.45) is 12.8 Å². The van der Waals surface area contributed by atoms with Crippen LogP contribution in [0.5, 0.6) is 0 Å². The van der Waals surface area contributed by atoms with E-state index in [0.717, 1.165) is 27.4 Å². The van der Waals surface area contributed by atoms with Gasteiger partial charge in [0.15, 0.2) is 0 Å². The van der Waals surface area contributed by atoms with Crippen molar-refractivity contribution < 1.29 is 14.3 Å². The van der Waals surface area contributed by atoms with E-state index in [4.69, 9.17) is 15.5 Å². The summed E-state index contributed by atoms with van der Waals surface area (Å²) in [6, 6.07) is 13.1. The van der Waals surface area contributed by atoms with Gasteiger partial charge in [0.05, 0.1) is 47.2 Å². The van der Waals surface area contributed by atoms with Gasteiger partial charge < -0.3 is 20.4 Å². The number of nitrogens with two attached hydrogens (primary N) is 1. The van der Waals surface area contributed by atoms with Crippen molar-refractivity contribution in [1.82, 2.24) is 24.6 Å². The fourth-order valence-electron chi connectivity index (χ4n) is 4.60. The number of nitrogens with one attached hydrogen (secondary N) is 1. The van der Waals surface area contributed by atoms with Crippen LogP contribution >= 0.6 is 0 Å². The summed E-state index contributed by atoms with van der Waals surface area (Å²) in [5.41, 5.74) is 11.1. The molecular formula is C25H22N6O3. The number of morpholine rings is 1. The molecule has 1 saturated heterocycles. The Hall–Kier alpha value is -4.24. The maximum atomic E-state index is 12.9. The van der Waals surface area contributed by atoms with Gasteiger partial charge in [0.25, 0.3) is 11.8 Å². The van der Waals surface area contributed by atoms with Crippen molar-refractivity contribution in [3.8, 4) is 11.3 Å².